The van der Waals surface area contributed by atoms with Crippen molar-refractivity contribution in [2.24, 2.45) is 7.05 Å². The van der Waals surface area contributed by atoms with Crippen molar-refractivity contribution in [2.75, 3.05) is 40.1 Å². The molecule has 0 spiro atoms. The first-order valence-electron chi connectivity index (χ1n) is 11.9. The van der Waals surface area contributed by atoms with E-state index < -0.39 is 0 Å². The number of hydrogen-bond acceptors (Lipinski definition) is 5. The first-order valence-corrected chi connectivity index (χ1v) is 11.9. The number of benzene rings is 2. The van der Waals surface area contributed by atoms with Gasteiger partial charge in [-0.15, -0.1) is 0 Å². The summed E-state index contributed by atoms with van der Waals surface area (Å²) in [5.74, 6) is 3.30. The summed E-state index contributed by atoms with van der Waals surface area (Å²) in [5, 5.41) is 1.10. The third kappa shape index (κ3) is 4.25. The van der Waals surface area contributed by atoms with Crippen LogP contribution in [0.5, 0.6) is 23.0 Å². The van der Waals surface area contributed by atoms with Crippen molar-refractivity contribution in [2.45, 2.75) is 33.1 Å². The fraction of sp³-hybridized carbons (Fsp3) is 0.444. The quantitative estimate of drug-likeness (QED) is 0.356. The van der Waals surface area contributed by atoms with Crippen molar-refractivity contribution in [3.63, 3.8) is 0 Å². The molecule has 0 saturated heterocycles. The van der Waals surface area contributed by atoms with E-state index in [9.17, 15) is 0 Å². The highest BCUT2D eigenvalue weighted by Crippen LogP contribution is 2.43. The summed E-state index contributed by atoms with van der Waals surface area (Å²) >= 11 is 0. The van der Waals surface area contributed by atoms with E-state index in [4.69, 9.17) is 18.9 Å². The molecule has 2 heterocycles. The first-order chi connectivity index (χ1) is 16.1. The number of aryl methyl sites for hydroxylation is 3. The summed E-state index contributed by atoms with van der Waals surface area (Å²) < 4.78 is 25.6. The van der Waals surface area contributed by atoms with Crippen molar-refractivity contribution in [1.82, 2.24) is 4.90 Å². The molecule has 0 fully saturated rings. The van der Waals surface area contributed by atoms with E-state index in [0.29, 0.717) is 13.4 Å². The average molecular weight is 485 g/mol. The van der Waals surface area contributed by atoms with Crippen molar-refractivity contribution < 1.29 is 35.9 Å². The average Bonchev–Trinajstić information content (AvgIpc) is 3.30. The summed E-state index contributed by atoms with van der Waals surface area (Å²) in [5.41, 5.74) is 6.21. The van der Waals surface area contributed by atoms with Gasteiger partial charge < -0.3 is 36.3 Å². The standard InChI is InChI=1S/C27H33N2O4.ClH/c1-5-29(6-2)12-7-13-31-27-21-14-19-9-8-18-15-24-25(33-17-32-24)16-20(18)26(19)28(3)22(21)10-11-23(27)30-4;/h10-11,14-16H,5-9,12-13,17H2,1-4H3;1H/q+1;/p-1. The Morgan fingerprint density at radius 3 is 2.47 bits per heavy atom. The van der Waals surface area contributed by atoms with Crippen LogP contribution in [0.3, 0.4) is 0 Å². The number of nitrogens with zero attached hydrogens (tertiary/aromatic N) is 2. The number of aromatic nitrogens is 1. The Morgan fingerprint density at radius 2 is 1.74 bits per heavy atom. The zero-order valence-electron chi connectivity index (χ0n) is 20.4. The van der Waals surface area contributed by atoms with Gasteiger partial charge in [-0.25, -0.2) is 0 Å². The number of methoxy groups -OCH3 is 1. The third-order valence-corrected chi connectivity index (χ3v) is 6.95. The molecular weight excluding hydrogens is 452 g/mol. The van der Waals surface area contributed by atoms with Crippen molar-refractivity contribution in [3.8, 4) is 34.3 Å². The van der Waals surface area contributed by atoms with Crippen LogP contribution < -0.4 is 35.9 Å². The maximum absolute atomic E-state index is 6.36. The van der Waals surface area contributed by atoms with Crippen LogP contribution in [0.25, 0.3) is 22.2 Å². The molecule has 2 aliphatic rings. The van der Waals surface area contributed by atoms with Gasteiger partial charge in [-0.3, -0.25) is 0 Å². The molecule has 0 saturated carbocycles. The Morgan fingerprint density at radius 1 is 1.00 bits per heavy atom. The van der Waals surface area contributed by atoms with Crippen LogP contribution in [0, 0.1) is 0 Å². The molecule has 1 aliphatic carbocycles. The molecular formula is C27H33ClN2O4. The number of hydrogen-bond donors (Lipinski definition) is 0. The monoisotopic (exact) mass is 484 g/mol. The minimum Gasteiger partial charge on any atom is -1.00 e. The van der Waals surface area contributed by atoms with E-state index in [-0.39, 0.29) is 12.4 Å². The molecule has 0 amide bonds. The lowest BCUT2D eigenvalue weighted by molar-refractivity contribution is -0.634. The maximum atomic E-state index is 6.36. The molecule has 182 valence electrons. The topological polar surface area (TPSA) is 44.0 Å². The zero-order valence-corrected chi connectivity index (χ0v) is 21.2. The largest absolute Gasteiger partial charge is 1.00 e. The molecule has 34 heavy (non-hydrogen) atoms. The van der Waals surface area contributed by atoms with Gasteiger partial charge in [0.2, 0.25) is 18.0 Å². The minimum atomic E-state index is 0. The van der Waals surface area contributed by atoms with Gasteiger partial charge in [0.05, 0.1) is 24.7 Å². The molecule has 0 radical (unpaired) electrons. The molecule has 1 aliphatic heterocycles. The SMILES string of the molecule is CCN(CC)CCCOc1c(OC)ccc2c1cc1c([n+]2C)-c2cc3c(cc2CC1)OCO3.[Cl-]. The molecule has 0 unspecified atom stereocenters. The molecule has 0 N–H and O–H groups in total. The number of pyridine rings is 1. The van der Waals surface area contributed by atoms with Gasteiger partial charge in [0.25, 0.3) is 0 Å². The van der Waals surface area contributed by atoms with Crippen molar-refractivity contribution >= 4 is 10.9 Å². The summed E-state index contributed by atoms with van der Waals surface area (Å²) in [6.45, 7) is 8.54. The molecule has 3 aromatic rings. The first kappa shape index (κ1) is 24.4. The Hall–Kier alpha value is -2.70. The second-order valence-corrected chi connectivity index (χ2v) is 8.70. The van der Waals surface area contributed by atoms with Crippen LogP contribution in [-0.2, 0) is 19.9 Å². The van der Waals surface area contributed by atoms with Gasteiger partial charge in [0, 0.05) is 18.2 Å². The highest BCUT2D eigenvalue weighted by atomic mass is 35.5. The normalized spacial score (nSPS) is 13.4. The molecule has 5 rings (SSSR count). The predicted molar refractivity (Wildman–Crippen MR) is 129 cm³/mol. The van der Waals surface area contributed by atoms with E-state index >= 15 is 0 Å². The van der Waals surface area contributed by atoms with Crippen LogP contribution in [0.2, 0.25) is 0 Å². The van der Waals surface area contributed by atoms with Crippen LogP contribution in [0.15, 0.2) is 30.3 Å². The van der Waals surface area contributed by atoms with E-state index in [0.717, 1.165) is 72.8 Å². The number of halogens is 1. The van der Waals surface area contributed by atoms with E-state index in [2.05, 4.69) is 54.6 Å². The minimum absolute atomic E-state index is 0. The van der Waals surface area contributed by atoms with Crippen LogP contribution in [-0.4, -0.2) is 45.0 Å². The summed E-state index contributed by atoms with van der Waals surface area (Å²) in [4.78, 5) is 2.42. The van der Waals surface area contributed by atoms with Crippen LogP contribution in [0.4, 0.5) is 0 Å². The van der Waals surface area contributed by atoms with Gasteiger partial charge in [0.15, 0.2) is 23.0 Å². The highest BCUT2D eigenvalue weighted by Gasteiger charge is 2.30. The highest BCUT2D eigenvalue weighted by molar-refractivity contribution is 5.88. The fourth-order valence-corrected chi connectivity index (χ4v) is 5.12. The Kier molecular flexibility index (Phi) is 7.39. The van der Waals surface area contributed by atoms with E-state index in [1.807, 2.05) is 6.07 Å². The summed E-state index contributed by atoms with van der Waals surface area (Å²) in [6.07, 6.45) is 2.94. The summed E-state index contributed by atoms with van der Waals surface area (Å²) in [7, 11) is 3.85. The maximum Gasteiger partial charge on any atom is 0.231 e. The van der Waals surface area contributed by atoms with Gasteiger partial charge in [-0.1, -0.05) is 13.8 Å². The smallest absolute Gasteiger partial charge is 0.231 e. The van der Waals surface area contributed by atoms with Crippen LogP contribution in [0.1, 0.15) is 31.4 Å². The second kappa shape index (κ2) is 10.3. The Bertz CT molecular complexity index is 1190. The van der Waals surface area contributed by atoms with Crippen LogP contribution >= 0.6 is 0 Å². The lowest BCUT2D eigenvalue weighted by atomic mass is 9.87. The predicted octanol–water partition coefficient (Wildman–Crippen LogP) is 1.28. The number of ether oxygens (including phenoxy) is 4. The molecule has 1 aromatic heterocycles. The van der Waals surface area contributed by atoms with Crippen molar-refractivity contribution in [1.29, 1.82) is 0 Å². The lowest BCUT2D eigenvalue weighted by Crippen LogP contribution is -3.00. The van der Waals surface area contributed by atoms with Gasteiger partial charge in [-0.2, -0.15) is 4.57 Å². The Balaban J connectivity index is 0.00000274. The second-order valence-electron chi connectivity index (χ2n) is 8.70. The van der Waals surface area contributed by atoms with Gasteiger partial charge in [0.1, 0.15) is 7.05 Å². The van der Waals surface area contributed by atoms with Crippen molar-refractivity contribution in [3.05, 3.63) is 41.5 Å². The zero-order chi connectivity index (χ0) is 22.9. The fourth-order valence-electron chi connectivity index (χ4n) is 5.12. The Labute approximate surface area is 207 Å². The molecule has 6 nitrogen and oxygen atoms in total. The molecule has 0 atom stereocenters. The molecule has 0 bridgehead atoms. The van der Waals surface area contributed by atoms with E-state index in [1.165, 1.54) is 22.4 Å². The van der Waals surface area contributed by atoms with Gasteiger partial charge >= 0.3 is 0 Å². The molecule has 2 aromatic carbocycles. The van der Waals surface area contributed by atoms with Gasteiger partial charge in [-0.05, 0) is 62.2 Å². The third-order valence-electron chi connectivity index (χ3n) is 6.95. The number of fused-ring (bicyclic) bond motifs is 5. The number of rotatable bonds is 8. The molecule has 7 heteroatoms. The summed E-state index contributed by atoms with van der Waals surface area (Å²) in [6, 6.07) is 10.7. The van der Waals surface area contributed by atoms with E-state index in [1.54, 1.807) is 7.11 Å². The lowest BCUT2D eigenvalue weighted by Gasteiger charge is -2.21.